The van der Waals surface area contributed by atoms with Crippen LogP contribution in [0, 0.1) is 0 Å². The number of nitrogens with zero attached hydrogens (tertiary/aromatic N) is 3. The molecule has 0 aromatic rings. The molecule has 23 N–H and O–H groups in total. The van der Waals surface area contributed by atoms with Crippen LogP contribution in [-0.2, 0) is 24.0 Å². The minimum atomic E-state index is -1.23. The Morgan fingerprint density at radius 1 is 0.462 bits per heavy atom. The molecule has 298 valence electrons. The second kappa shape index (κ2) is 27.7. The van der Waals surface area contributed by atoms with Crippen molar-refractivity contribution >= 4 is 47.5 Å². The molecule has 4 amide bonds. The molecule has 0 fully saturated rings. The van der Waals surface area contributed by atoms with Gasteiger partial charge in [-0.25, -0.2) is 4.79 Å². The molecule has 0 bridgehead atoms. The van der Waals surface area contributed by atoms with Gasteiger partial charge < -0.3 is 78.0 Å². The van der Waals surface area contributed by atoms with Crippen molar-refractivity contribution in [1.82, 2.24) is 21.3 Å². The number of carbonyl (C=O) groups excluding carboxylic acids is 4. The van der Waals surface area contributed by atoms with Crippen molar-refractivity contribution in [2.24, 2.45) is 66.6 Å². The van der Waals surface area contributed by atoms with Crippen LogP contribution in [0.15, 0.2) is 15.0 Å². The Kier molecular flexibility index (Phi) is 25.1. The summed E-state index contributed by atoms with van der Waals surface area (Å²) in [5.74, 6) is -4.45. The van der Waals surface area contributed by atoms with E-state index in [1.807, 2.05) is 0 Å². The summed E-state index contributed by atoms with van der Waals surface area (Å²) in [7, 11) is 0. The van der Waals surface area contributed by atoms with Gasteiger partial charge in [-0.1, -0.05) is 0 Å². The third kappa shape index (κ3) is 22.7. The van der Waals surface area contributed by atoms with Crippen LogP contribution in [0.5, 0.6) is 0 Å². The van der Waals surface area contributed by atoms with Crippen molar-refractivity contribution in [3.8, 4) is 0 Å². The van der Waals surface area contributed by atoms with Gasteiger partial charge in [-0.05, 0) is 90.1 Å². The Morgan fingerprint density at radius 2 is 0.769 bits per heavy atom. The number of nitrogens with one attached hydrogen (secondary N) is 4. The molecule has 0 aliphatic carbocycles. The number of unbranched alkanes of at least 4 members (excludes halogenated alkanes) is 2. The highest BCUT2D eigenvalue weighted by atomic mass is 16.4. The summed E-state index contributed by atoms with van der Waals surface area (Å²) >= 11 is 0. The maximum absolute atomic E-state index is 13.7. The number of aliphatic imine (C=N–C) groups is 3. The molecule has 0 saturated heterocycles. The van der Waals surface area contributed by atoms with E-state index in [1.165, 1.54) is 0 Å². The number of guanidine groups is 3. The first-order valence-corrected chi connectivity index (χ1v) is 17.4. The molecule has 0 saturated carbocycles. The Labute approximate surface area is 304 Å². The largest absolute Gasteiger partial charge is 0.480 e. The van der Waals surface area contributed by atoms with E-state index in [1.54, 1.807) is 0 Å². The average Bonchev–Trinajstić information content (AvgIpc) is 3.07. The summed E-state index contributed by atoms with van der Waals surface area (Å²) in [5.41, 5.74) is 49.5. The van der Waals surface area contributed by atoms with E-state index in [2.05, 4.69) is 36.2 Å². The Morgan fingerprint density at radius 3 is 1.12 bits per heavy atom. The summed E-state index contributed by atoms with van der Waals surface area (Å²) in [6.45, 7) is 1.22. The molecule has 0 aromatic carbocycles. The van der Waals surface area contributed by atoms with Crippen LogP contribution in [0.3, 0.4) is 0 Å². The van der Waals surface area contributed by atoms with Crippen molar-refractivity contribution in [3.05, 3.63) is 0 Å². The SMILES string of the molecule is NCCCCC(NC(=O)C(CCCCN)NC(=O)C(CCCN=C(N)N)NC(=O)C(CCCN=C(N)N)NC(=O)C(N)CCCN=C(N)N)C(=O)O. The highest BCUT2D eigenvalue weighted by Gasteiger charge is 2.31. The first-order chi connectivity index (χ1) is 24.6. The molecule has 52 heavy (non-hydrogen) atoms. The number of carbonyl (C=O) groups is 5. The third-order valence-corrected chi connectivity index (χ3v) is 7.60. The number of hydrogen-bond acceptors (Lipinski definition) is 11. The quantitative estimate of drug-likeness (QED) is 0.0193. The van der Waals surface area contributed by atoms with Gasteiger partial charge in [-0.15, -0.1) is 0 Å². The molecule has 5 atom stereocenters. The summed E-state index contributed by atoms with van der Waals surface area (Å²) < 4.78 is 0. The maximum atomic E-state index is 13.7. The second-order valence-electron chi connectivity index (χ2n) is 12.1. The van der Waals surface area contributed by atoms with Gasteiger partial charge in [0.05, 0.1) is 6.04 Å². The molecule has 0 aliphatic rings. The van der Waals surface area contributed by atoms with Gasteiger partial charge in [-0.2, -0.15) is 0 Å². The third-order valence-electron chi connectivity index (χ3n) is 7.60. The van der Waals surface area contributed by atoms with Gasteiger partial charge in [-0.3, -0.25) is 34.2 Å². The van der Waals surface area contributed by atoms with Gasteiger partial charge >= 0.3 is 5.97 Å². The zero-order valence-electron chi connectivity index (χ0n) is 29.9. The van der Waals surface area contributed by atoms with Crippen LogP contribution in [-0.4, -0.2) is 116 Å². The molecule has 22 heteroatoms. The first kappa shape index (κ1) is 47.0. The Hall–Kier alpha value is -4.96. The van der Waals surface area contributed by atoms with E-state index in [0.717, 1.165) is 0 Å². The van der Waals surface area contributed by atoms with Crippen molar-refractivity contribution in [3.63, 3.8) is 0 Å². The number of nitrogens with two attached hydrogens (primary N) is 9. The molecule has 0 spiro atoms. The number of rotatable bonds is 29. The number of amides is 4. The second-order valence-corrected chi connectivity index (χ2v) is 12.1. The van der Waals surface area contributed by atoms with Crippen LogP contribution in [0.2, 0.25) is 0 Å². The summed E-state index contributed by atoms with van der Waals surface area (Å²) in [4.78, 5) is 77.3. The number of carboxylic acid groups (broad SMARTS) is 1. The number of aliphatic carboxylic acids is 1. The average molecular weight is 743 g/mol. The highest BCUT2D eigenvalue weighted by molar-refractivity contribution is 5.95. The van der Waals surface area contributed by atoms with Crippen molar-refractivity contribution in [2.45, 2.75) is 107 Å². The fourth-order valence-electron chi connectivity index (χ4n) is 4.80. The minimum Gasteiger partial charge on any atom is -0.480 e. The van der Waals surface area contributed by atoms with E-state index in [4.69, 9.17) is 51.6 Å². The fourth-order valence-corrected chi connectivity index (χ4v) is 4.80. The smallest absolute Gasteiger partial charge is 0.326 e. The van der Waals surface area contributed by atoms with E-state index in [0.29, 0.717) is 45.2 Å². The van der Waals surface area contributed by atoms with Crippen molar-refractivity contribution in [2.75, 3.05) is 32.7 Å². The predicted octanol–water partition coefficient (Wildman–Crippen LogP) is -5.24. The normalized spacial score (nSPS) is 13.6. The van der Waals surface area contributed by atoms with E-state index < -0.39 is 59.8 Å². The summed E-state index contributed by atoms with van der Waals surface area (Å²) in [6, 6.07) is -5.74. The van der Waals surface area contributed by atoms with Crippen LogP contribution in [0.25, 0.3) is 0 Å². The molecular weight excluding hydrogens is 680 g/mol. The van der Waals surface area contributed by atoms with Gasteiger partial charge in [0.15, 0.2) is 17.9 Å². The Balaban J connectivity index is 6.17. The summed E-state index contributed by atoms with van der Waals surface area (Å²) in [6.07, 6.45) is 3.52. The van der Waals surface area contributed by atoms with Crippen LogP contribution >= 0.6 is 0 Å². The predicted molar refractivity (Wildman–Crippen MR) is 199 cm³/mol. The van der Waals surface area contributed by atoms with Gasteiger partial charge in [0.1, 0.15) is 24.2 Å². The van der Waals surface area contributed by atoms with Gasteiger partial charge in [0.2, 0.25) is 23.6 Å². The maximum Gasteiger partial charge on any atom is 0.326 e. The van der Waals surface area contributed by atoms with Crippen LogP contribution in [0.1, 0.15) is 77.0 Å². The molecule has 0 aliphatic heterocycles. The molecule has 22 nitrogen and oxygen atoms in total. The number of carboxylic acids is 1. The zero-order valence-corrected chi connectivity index (χ0v) is 29.9. The lowest BCUT2D eigenvalue weighted by Gasteiger charge is -2.26. The zero-order chi connectivity index (χ0) is 39.5. The van der Waals surface area contributed by atoms with E-state index in [-0.39, 0.29) is 82.5 Å². The lowest BCUT2D eigenvalue weighted by atomic mass is 10.0. The number of hydrogen-bond donors (Lipinski definition) is 14. The van der Waals surface area contributed by atoms with Gasteiger partial charge in [0.25, 0.3) is 0 Å². The van der Waals surface area contributed by atoms with Crippen LogP contribution in [0.4, 0.5) is 0 Å². The van der Waals surface area contributed by atoms with Crippen molar-refractivity contribution < 1.29 is 29.1 Å². The summed E-state index contributed by atoms with van der Waals surface area (Å²) in [5, 5.41) is 20.1. The van der Waals surface area contributed by atoms with Crippen LogP contribution < -0.4 is 72.9 Å². The lowest BCUT2D eigenvalue weighted by Crippen LogP contribution is -2.58. The monoisotopic (exact) mass is 743 g/mol. The first-order valence-electron chi connectivity index (χ1n) is 17.4. The fraction of sp³-hybridized carbons (Fsp3) is 0.733. The molecule has 0 radical (unpaired) electrons. The molecular formula is C30H62N16O6. The standard InChI is InChI=1S/C30H62N16O6/c31-13-3-1-9-19(26(50)46-22(27(51)52)10-2-4-14-32)44-25(49)21(12-7-17-42-30(38)39)45-24(48)20(11-6-16-41-29(36)37)43-23(47)18(33)8-5-15-40-28(34)35/h18-22H,1-17,31-33H2,(H,43,47)(H,44,49)(H,45,48)(H,46,50)(H,51,52)(H4,34,35,40)(H4,36,37,41)(H4,38,39,42). The van der Waals surface area contributed by atoms with E-state index >= 15 is 0 Å². The minimum absolute atomic E-state index is 0.0291. The topological polar surface area (TPSA) is 425 Å². The molecule has 0 heterocycles. The van der Waals surface area contributed by atoms with Crippen molar-refractivity contribution in [1.29, 1.82) is 0 Å². The highest BCUT2D eigenvalue weighted by Crippen LogP contribution is 2.09. The molecule has 0 rings (SSSR count). The Bertz CT molecular complexity index is 1190. The lowest BCUT2D eigenvalue weighted by molar-refractivity contribution is -0.142. The van der Waals surface area contributed by atoms with Gasteiger partial charge in [0, 0.05) is 19.6 Å². The molecule has 5 unspecified atom stereocenters. The van der Waals surface area contributed by atoms with E-state index in [9.17, 15) is 29.1 Å². The molecule has 0 aromatic heterocycles.